The van der Waals surface area contributed by atoms with E-state index in [2.05, 4.69) is 4.98 Å². The molecule has 0 bridgehead atoms. The molecular formula is C8H8N2O2. The first-order valence-electron chi connectivity index (χ1n) is 3.87. The molecule has 1 saturated carbocycles. The normalized spacial score (nSPS) is 16.0. The molecule has 0 spiro atoms. The number of rotatable bonds is 2. The van der Waals surface area contributed by atoms with Crippen LogP contribution in [0.15, 0.2) is 18.5 Å². The van der Waals surface area contributed by atoms with Crippen LogP contribution in [0.5, 0.6) is 0 Å². The van der Waals surface area contributed by atoms with E-state index in [1.165, 1.54) is 6.20 Å². The van der Waals surface area contributed by atoms with Gasteiger partial charge in [0.25, 0.3) is 5.69 Å². The summed E-state index contributed by atoms with van der Waals surface area (Å²) < 4.78 is 0. The molecule has 0 unspecified atom stereocenters. The zero-order valence-electron chi connectivity index (χ0n) is 6.43. The largest absolute Gasteiger partial charge is 0.287 e. The van der Waals surface area contributed by atoms with Gasteiger partial charge in [0.15, 0.2) is 0 Å². The van der Waals surface area contributed by atoms with Crippen LogP contribution < -0.4 is 0 Å². The standard InChI is InChI=1S/C8H8N2O2/c11-10(12)8-3-7(4-9-5-8)6-1-2-6/h3-6H,1-2H2. The van der Waals surface area contributed by atoms with Crippen molar-refractivity contribution < 1.29 is 4.92 Å². The number of hydrogen-bond acceptors (Lipinski definition) is 3. The van der Waals surface area contributed by atoms with Gasteiger partial charge in [0.1, 0.15) is 6.20 Å². The van der Waals surface area contributed by atoms with Gasteiger partial charge in [-0.15, -0.1) is 0 Å². The molecule has 0 N–H and O–H groups in total. The summed E-state index contributed by atoms with van der Waals surface area (Å²) in [4.78, 5) is 13.8. The maximum Gasteiger partial charge on any atom is 0.287 e. The van der Waals surface area contributed by atoms with E-state index >= 15 is 0 Å². The summed E-state index contributed by atoms with van der Waals surface area (Å²) in [7, 11) is 0. The Hall–Kier alpha value is -1.45. The van der Waals surface area contributed by atoms with Crippen molar-refractivity contribution in [3.8, 4) is 0 Å². The van der Waals surface area contributed by atoms with E-state index in [9.17, 15) is 10.1 Å². The van der Waals surface area contributed by atoms with Gasteiger partial charge in [-0.2, -0.15) is 0 Å². The molecule has 0 atom stereocenters. The van der Waals surface area contributed by atoms with Gasteiger partial charge in [-0.25, -0.2) is 0 Å². The average molecular weight is 164 g/mol. The highest BCUT2D eigenvalue weighted by molar-refractivity contribution is 5.33. The van der Waals surface area contributed by atoms with Gasteiger partial charge in [-0.05, 0) is 24.3 Å². The zero-order valence-corrected chi connectivity index (χ0v) is 6.43. The molecule has 62 valence electrons. The van der Waals surface area contributed by atoms with Gasteiger partial charge < -0.3 is 0 Å². The van der Waals surface area contributed by atoms with E-state index in [1.807, 2.05) is 0 Å². The highest BCUT2D eigenvalue weighted by Crippen LogP contribution is 2.40. The van der Waals surface area contributed by atoms with E-state index in [-0.39, 0.29) is 5.69 Å². The number of aromatic nitrogens is 1. The molecule has 0 radical (unpaired) electrons. The van der Waals surface area contributed by atoms with Crippen molar-refractivity contribution in [2.75, 3.05) is 0 Å². The third-order valence-corrected chi connectivity index (χ3v) is 2.00. The predicted molar refractivity (Wildman–Crippen MR) is 42.9 cm³/mol. The minimum Gasteiger partial charge on any atom is -0.258 e. The molecule has 0 saturated heterocycles. The molecule has 2 rings (SSSR count). The lowest BCUT2D eigenvalue weighted by molar-refractivity contribution is -0.385. The van der Waals surface area contributed by atoms with Crippen LogP contribution in [-0.4, -0.2) is 9.91 Å². The molecule has 4 heteroatoms. The summed E-state index contributed by atoms with van der Waals surface area (Å²) in [5.74, 6) is 0.525. The van der Waals surface area contributed by atoms with E-state index < -0.39 is 4.92 Å². The van der Waals surface area contributed by atoms with Crippen molar-refractivity contribution in [3.05, 3.63) is 34.1 Å². The minimum atomic E-state index is -0.404. The number of nitro groups is 1. The maximum atomic E-state index is 10.4. The van der Waals surface area contributed by atoms with E-state index in [0.29, 0.717) is 5.92 Å². The monoisotopic (exact) mass is 164 g/mol. The van der Waals surface area contributed by atoms with Crippen LogP contribution in [0, 0.1) is 10.1 Å². The number of nitrogens with zero attached hydrogens (tertiary/aromatic N) is 2. The molecule has 0 amide bonds. The third-order valence-electron chi connectivity index (χ3n) is 2.00. The molecule has 1 fully saturated rings. The Morgan fingerprint density at radius 1 is 1.50 bits per heavy atom. The smallest absolute Gasteiger partial charge is 0.258 e. The fourth-order valence-corrected chi connectivity index (χ4v) is 1.18. The van der Waals surface area contributed by atoms with Crippen molar-refractivity contribution in [1.29, 1.82) is 0 Å². The summed E-state index contributed by atoms with van der Waals surface area (Å²) in [6.45, 7) is 0. The van der Waals surface area contributed by atoms with Gasteiger partial charge >= 0.3 is 0 Å². The number of pyridine rings is 1. The highest BCUT2D eigenvalue weighted by atomic mass is 16.6. The fourth-order valence-electron chi connectivity index (χ4n) is 1.18. The second-order valence-corrected chi connectivity index (χ2v) is 3.01. The molecule has 1 aromatic rings. The van der Waals surface area contributed by atoms with Crippen LogP contribution in [0.3, 0.4) is 0 Å². The van der Waals surface area contributed by atoms with Crippen molar-refractivity contribution in [2.45, 2.75) is 18.8 Å². The summed E-state index contributed by atoms with van der Waals surface area (Å²) in [6.07, 6.45) is 5.28. The Labute approximate surface area is 69.4 Å². The van der Waals surface area contributed by atoms with Gasteiger partial charge in [0, 0.05) is 12.3 Å². The van der Waals surface area contributed by atoms with Gasteiger partial charge in [0.2, 0.25) is 0 Å². The Morgan fingerprint density at radius 2 is 2.25 bits per heavy atom. The first-order chi connectivity index (χ1) is 5.77. The van der Waals surface area contributed by atoms with Gasteiger partial charge in [-0.3, -0.25) is 15.1 Å². The lowest BCUT2D eigenvalue weighted by atomic mass is 10.2. The van der Waals surface area contributed by atoms with Crippen LogP contribution in [0.2, 0.25) is 0 Å². The lowest BCUT2D eigenvalue weighted by Gasteiger charge is -1.95. The third kappa shape index (κ3) is 1.28. The molecule has 1 aromatic heterocycles. The molecule has 12 heavy (non-hydrogen) atoms. The van der Waals surface area contributed by atoms with E-state index in [1.54, 1.807) is 12.3 Å². The van der Waals surface area contributed by atoms with E-state index in [0.717, 1.165) is 18.4 Å². The maximum absolute atomic E-state index is 10.4. The molecule has 1 heterocycles. The number of hydrogen-bond donors (Lipinski definition) is 0. The molecule has 1 aliphatic rings. The molecule has 0 aromatic carbocycles. The zero-order chi connectivity index (χ0) is 8.55. The van der Waals surface area contributed by atoms with Gasteiger partial charge in [-0.1, -0.05) is 0 Å². The Balaban J connectivity index is 2.32. The van der Waals surface area contributed by atoms with Crippen molar-refractivity contribution >= 4 is 5.69 Å². The minimum absolute atomic E-state index is 0.0967. The lowest BCUT2D eigenvalue weighted by Crippen LogP contribution is -1.90. The van der Waals surface area contributed by atoms with Crippen LogP contribution in [0.25, 0.3) is 0 Å². The average Bonchev–Trinajstić information content (AvgIpc) is 2.87. The molecule has 1 aliphatic carbocycles. The fraction of sp³-hybridized carbons (Fsp3) is 0.375. The molecular weight excluding hydrogens is 156 g/mol. The van der Waals surface area contributed by atoms with Crippen LogP contribution in [0.4, 0.5) is 5.69 Å². The first kappa shape index (κ1) is 7.21. The SMILES string of the molecule is O=[N+]([O-])c1cncc(C2CC2)c1. The summed E-state index contributed by atoms with van der Waals surface area (Å²) >= 11 is 0. The van der Waals surface area contributed by atoms with Crippen LogP contribution in [-0.2, 0) is 0 Å². The Kier molecular flexibility index (Phi) is 1.53. The second kappa shape index (κ2) is 2.55. The van der Waals surface area contributed by atoms with Crippen molar-refractivity contribution in [1.82, 2.24) is 4.98 Å². The van der Waals surface area contributed by atoms with Gasteiger partial charge in [0.05, 0.1) is 4.92 Å². The first-order valence-corrected chi connectivity index (χ1v) is 3.87. The summed E-state index contributed by atoms with van der Waals surface area (Å²) in [5, 5.41) is 10.4. The summed E-state index contributed by atoms with van der Waals surface area (Å²) in [6, 6.07) is 1.62. The molecule has 4 nitrogen and oxygen atoms in total. The quantitative estimate of drug-likeness (QED) is 0.495. The van der Waals surface area contributed by atoms with Crippen LogP contribution >= 0.6 is 0 Å². The Morgan fingerprint density at radius 3 is 2.83 bits per heavy atom. The van der Waals surface area contributed by atoms with Crippen LogP contribution in [0.1, 0.15) is 24.3 Å². The van der Waals surface area contributed by atoms with E-state index in [4.69, 9.17) is 0 Å². The van der Waals surface area contributed by atoms with Crippen molar-refractivity contribution in [3.63, 3.8) is 0 Å². The van der Waals surface area contributed by atoms with Crippen molar-refractivity contribution in [2.24, 2.45) is 0 Å². The molecule has 0 aliphatic heterocycles. The second-order valence-electron chi connectivity index (χ2n) is 3.01. The summed E-state index contributed by atoms with van der Waals surface area (Å²) in [5.41, 5.74) is 1.10. The topological polar surface area (TPSA) is 56.0 Å². The Bertz CT molecular complexity index is 321. The predicted octanol–water partition coefficient (Wildman–Crippen LogP) is 1.87. The highest BCUT2D eigenvalue weighted by Gasteiger charge is 2.25.